The summed E-state index contributed by atoms with van der Waals surface area (Å²) in [5.74, 6) is -0.109. The minimum atomic E-state index is -4.79. The van der Waals surface area contributed by atoms with E-state index in [0.29, 0.717) is 51.0 Å². The lowest BCUT2D eigenvalue weighted by Gasteiger charge is -2.30. The molecule has 0 aliphatic carbocycles. The summed E-state index contributed by atoms with van der Waals surface area (Å²) in [6.07, 6.45) is -1.14. The normalized spacial score (nSPS) is 16.5. The lowest BCUT2D eigenvalue weighted by Crippen LogP contribution is -2.36. The van der Waals surface area contributed by atoms with Gasteiger partial charge in [-0.2, -0.15) is 13.2 Å². The van der Waals surface area contributed by atoms with E-state index in [1.165, 1.54) is 6.07 Å². The molecular formula is C26H22F4N2O3S. The first kappa shape index (κ1) is 24.3. The monoisotopic (exact) mass is 518 g/mol. The summed E-state index contributed by atoms with van der Waals surface area (Å²) < 4.78 is 64.1. The highest BCUT2D eigenvalue weighted by molar-refractivity contribution is 7.10. The van der Waals surface area contributed by atoms with E-state index in [0.717, 1.165) is 40.2 Å². The van der Waals surface area contributed by atoms with Crippen molar-refractivity contribution in [1.82, 2.24) is 9.88 Å². The quantitative estimate of drug-likeness (QED) is 0.307. The summed E-state index contributed by atoms with van der Waals surface area (Å²) in [5, 5.41) is 3.00. The van der Waals surface area contributed by atoms with Crippen LogP contribution in [0.5, 0.6) is 11.5 Å². The maximum Gasteiger partial charge on any atom is 0.419 e. The molecule has 1 aromatic heterocycles. The molecule has 0 unspecified atom stereocenters. The summed E-state index contributed by atoms with van der Waals surface area (Å²) in [6.45, 7) is 2.02. The number of halogens is 4. The van der Waals surface area contributed by atoms with E-state index >= 15 is 0 Å². The SMILES string of the molecule is O=C(C=Cc1cccc(C(F)(F)F)c1F)N1CCC(c2nc(-c3ccc4c(c3)OCCO4)cs2)CC1. The molecular weight excluding hydrogens is 496 g/mol. The largest absolute Gasteiger partial charge is 0.486 e. The molecule has 1 fully saturated rings. The highest BCUT2D eigenvalue weighted by Crippen LogP contribution is 2.37. The Morgan fingerprint density at radius 1 is 1.08 bits per heavy atom. The number of carbonyl (C=O) groups excluding carboxylic acids is 1. The number of fused-ring (bicyclic) bond motifs is 1. The third-order valence-electron chi connectivity index (χ3n) is 6.26. The highest BCUT2D eigenvalue weighted by Gasteiger charge is 2.34. The van der Waals surface area contributed by atoms with Crippen LogP contribution in [0.15, 0.2) is 47.9 Å². The van der Waals surface area contributed by atoms with E-state index in [1.54, 1.807) is 16.2 Å². The van der Waals surface area contributed by atoms with E-state index in [2.05, 4.69) is 0 Å². The van der Waals surface area contributed by atoms with Gasteiger partial charge in [0.2, 0.25) is 5.91 Å². The minimum absolute atomic E-state index is 0.204. The first-order chi connectivity index (χ1) is 17.3. The third-order valence-corrected chi connectivity index (χ3v) is 7.26. The van der Waals surface area contributed by atoms with Crippen LogP contribution in [-0.2, 0) is 11.0 Å². The molecule has 2 aromatic carbocycles. The number of aromatic nitrogens is 1. The van der Waals surface area contributed by atoms with Gasteiger partial charge in [0.15, 0.2) is 11.5 Å². The molecule has 0 atom stereocenters. The Balaban J connectivity index is 1.20. The van der Waals surface area contributed by atoms with Crippen LogP contribution in [0.4, 0.5) is 17.6 Å². The number of amides is 1. The van der Waals surface area contributed by atoms with Crippen LogP contribution in [-0.4, -0.2) is 42.1 Å². The van der Waals surface area contributed by atoms with Crippen molar-refractivity contribution < 1.29 is 31.8 Å². The van der Waals surface area contributed by atoms with Crippen LogP contribution < -0.4 is 9.47 Å². The number of hydrogen-bond donors (Lipinski definition) is 0. The second kappa shape index (κ2) is 9.93. The van der Waals surface area contributed by atoms with Gasteiger partial charge in [0.05, 0.1) is 16.3 Å². The van der Waals surface area contributed by atoms with Gasteiger partial charge in [0.1, 0.15) is 19.0 Å². The number of likely N-dealkylation sites (tertiary alicyclic amines) is 1. The first-order valence-corrected chi connectivity index (χ1v) is 12.4. The van der Waals surface area contributed by atoms with Crippen LogP contribution >= 0.6 is 11.3 Å². The van der Waals surface area contributed by atoms with Crippen molar-refractivity contribution in [3.63, 3.8) is 0 Å². The lowest BCUT2D eigenvalue weighted by molar-refractivity contribution is -0.140. The molecule has 10 heteroatoms. The average Bonchev–Trinajstić information content (AvgIpc) is 3.37. The van der Waals surface area contributed by atoms with E-state index in [1.807, 2.05) is 23.6 Å². The maximum atomic E-state index is 14.2. The molecule has 0 bridgehead atoms. The van der Waals surface area contributed by atoms with Crippen LogP contribution in [0.1, 0.15) is 34.9 Å². The second-order valence-electron chi connectivity index (χ2n) is 8.57. The molecule has 0 radical (unpaired) electrons. The number of carbonyl (C=O) groups is 1. The van der Waals surface area contributed by atoms with Crippen LogP contribution in [0.3, 0.4) is 0 Å². The van der Waals surface area contributed by atoms with Gasteiger partial charge in [-0.3, -0.25) is 4.79 Å². The number of benzene rings is 2. The molecule has 3 aromatic rings. The third kappa shape index (κ3) is 5.09. The highest BCUT2D eigenvalue weighted by atomic mass is 32.1. The van der Waals surface area contributed by atoms with Gasteiger partial charge in [-0.1, -0.05) is 12.1 Å². The lowest BCUT2D eigenvalue weighted by atomic mass is 9.97. The summed E-state index contributed by atoms with van der Waals surface area (Å²) >= 11 is 1.58. The molecule has 1 amide bonds. The van der Waals surface area contributed by atoms with E-state index < -0.39 is 17.6 Å². The van der Waals surface area contributed by atoms with Crippen molar-refractivity contribution in [1.29, 1.82) is 0 Å². The smallest absolute Gasteiger partial charge is 0.419 e. The van der Waals surface area contributed by atoms with Crippen molar-refractivity contribution in [2.24, 2.45) is 0 Å². The first-order valence-electron chi connectivity index (χ1n) is 11.5. The molecule has 2 aliphatic heterocycles. The van der Waals surface area contributed by atoms with Gasteiger partial charge in [-0.15, -0.1) is 11.3 Å². The Kier molecular flexibility index (Phi) is 6.70. The van der Waals surface area contributed by atoms with Gasteiger partial charge >= 0.3 is 6.18 Å². The minimum Gasteiger partial charge on any atom is -0.486 e. The number of nitrogens with zero attached hydrogens (tertiary/aromatic N) is 2. The summed E-state index contributed by atoms with van der Waals surface area (Å²) in [5.41, 5.74) is 0.178. The van der Waals surface area contributed by atoms with Crippen LogP contribution in [0.2, 0.25) is 0 Å². The summed E-state index contributed by atoms with van der Waals surface area (Å²) in [7, 11) is 0. The number of hydrogen-bond acceptors (Lipinski definition) is 5. The van der Waals surface area contributed by atoms with Crippen molar-refractivity contribution in [3.8, 4) is 22.8 Å². The Hall–Kier alpha value is -3.40. The van der Waals surface area contributed by atoms with Gasteiger partial charge < -0.3 is 14.4 Å². The number of rotatable bonds is 4. The Morgan fingerprint density at radius 2 is 1.83 bits per heavy atom. The molecule has 5 nitrogen and oxygen atoms in total. The topological polar surface area (TPSA) is 51.7 Å². The summed E-state index contributed by atoms with van der Waals surface area (Å²) in [6, 6.07) is 8.77. The average molecular weight is 519 g/mol. The van der Waals surface area contributed by atoms with Crippen LogP contribution in [0.25, 0.3) is 17.3 Å². The van der Waals surface area contributed by atoms with Gasteiger partial charge in [0, 0.05) is 41.6 Å². The van der Waals surface area contributed by atoms with Gasteiger partial charge in [-0.25, -0.2) is 9.37 Å². The maximum absolute atomic E-state index is 14.2. The van der Waals surface area contributed by atoms with Crippen molar-refractivity contribution in [3.05, 3.63) is 69.8 Å². The number of alkyl halides is 3. The molecule has 3 heterocycles. The number of ether oxygens (including phenoxy) is 2. The van der Waals surface area contributed by atoms with Gasteiger partial charge in [0.25, 0.3) is 0 Å². The van der Waals surface area contributed by atoms with Crippen molar-refractivity contribution in [2.45, 2.75) is 24.9 Å². The zero-order valence-corrected chi connectivity index (χ0v) is 19.9. The standard InChI is InChI=1S/C26H22F4N2O3S/c27-24-16(2-1-3-19(24)26(28,29)30)5-7-23(33)32-10-8-17(9-11-32)25-31-20(15-36-25)18-4-6-21-22(14-18)35-13-12-34-21/h1-7,14-15,17H,8-13H2. The fourth-order valence-corrected chi connectivity index (χ4v) is 5.32. The summed E-state index contributed by atoms with van der Waals surface area (Å²) in [4.78, 5) is 19.0. The van der Waals surface area contributed by atoms with E-state index in [-0.39, 0.29) is 17.4 Å². The molecule has 5 rings (SSSR count). The fourth-order valence-electron chi connectivity index (χ4n) is 4.32. The van der Waals surface area contributed by atoms with Crippen molar-refractivity contribution in [2.75, 3.05) is 26.3 Å². The second-order valence-corrected chi connectivity index (χ2v) is 9.46. The molecule has 1 saturated heterocycles. The predicted molar refractivity (Wildman–Crippen MR) is 128 cm³/mol. The zero-order chi connectivity index (χ0) is 25.3. The predicted octanol–water partition coefficient (Wildman–Crippen LogP) is 6.16. The van der Waals surface area contributed by atoms with Gasteiger partial charge in [-0.05, 0) is 43.2 Å². The Labute approximate surface area is 209 Å². The molecule has 0 N–H and O–H groups in total. The molecule has 0 saturated carbocycles. The number of thiazole rings is 1. The zero-order valence-electron chi connectivity index (χ0n) is 19.1. The van der Waals surface area contributed by atoms with Crippen molar-refractivity contribution >= 4 is 23.3 Å². The Morgan fingerprint density at radius 3 is 2.58 bits per heavy atom. The fraction of sp³-hybridized carbons (Fsp3) is 0.308. The van der Waals surface area contributed by atoms with E-state index in [9.17, 15) is 22.4 Å². The molecule has 188 valence electrons. The Bertz CT molecular complexity index is 1300. The van der Waals surface area contributed by atoms with Crippen LogP contribution in [0, 0.1) is 5.82 Å². The van der Waals surface area contributed by atoms with E-state index in [4.69, 9.17) is 14.5 Å². The molecule has 2 aliphatic rings. The molecule has 36 heavy (non-hydrogen) atoms. The molecule has 0 spiro atoms. The number of piperidine rings is 1.